The minimum atomic E-state index is -0.550. The Balaban J connectivity index is 1.58. The maximum absolute atomic E-state index is 13.6. The molecular weight excluding hydrogens is 302 g/mol. The summed E-state index contributed by atoms with van der Waals surface area (Å²) >= 11 is 0. The third-order valence-electron chi connectivity index (χ3n) is 4.04. The van der Waals surface area contributed by atoms with E-state index in [1.54, 1.807) is 17.4 Å². The molecule has 1 aliphatic heterocycles. The zero-order valence-electron chi connectivity index (χ0n) is 12.6. The van der Waals surface area contributed by atoms with Crippen molar-refractivity contribution < 1.29 is 13.6 Å². The number of halogens is 2. The van der Waals surface area contributed by atoms with Gasteiger partial charge in [-0.05, 0) is 30.2 Å². The Kier molecular flexibility index (Phi) is 4.38. The smallest absolute Gasteiger partial charge is 0.224 e. The van der Waals surface area contributed by atoms with Crippen molar-refractivity contribution in [1.29, 1.82) is 0 Å². The number of carbonyl (C=O) groups excluding carboxylic acids is 1. The van der Waals surface area contributed by atoms with Crippen LogP contribution in [-0.4, -0.2) is 32.9 Å². The Labute approximate surface area is 132 Å². The Morgan fingerprint density at radius 2 is 2.17 bits per heavy atom. The summed E-state index contributed by atoms with van der Waals surface area (Å²) in [5, 5.41) is 0. The van der Waals surface area contributed by atoms with Crippen molar-refractivity contribution in [1.82, 2.24) is 14.5 Å². The van der Waals surface area contributed by atoms with E-state index in [9.17, 15) is 13.6 Å². The summed E-state index contributed by atoms with van der Waals surface area (Å²) < 4.78 is 28.8. The average molecular weight is 320 g/mol. The zero-order valence-corrected chi connectivity index (χ0v) is 12.6. The highest BCUT2D eigenvalue weighted by molar-refractivity contribution is 5.77. The molecule has 2 N–H and O–H groups in total. The van der Waals surface area contributed by atoms with Gasteiger partial charge in [0.1, 0.15) is 11.6 Å². The summed E-state index contributed by atoms with van der Waals surface area (Å²) in [4.78, 5) is 18.1. The van der Waals surface area contributed by atoms with E-state index in [0.717, 1.165) is 23.9 Å². The molecule has 0 fully saturated rings. The second kappa shape index (κ2) is 6.45. The van der Waals surface area contributed by atoms with Crippen LogP contribution in [0.5, 0.6) is 0 Å². The number of rotatable bonds is 4. The van der Waals surface area contributed by atoms with Gasteiger partial charge >= 0.3 is 0 Å². The van der Waals surface area contributed by atoms with E-state index >= 15 is 0 Å². The molecule has 23 heavy (non-hydrogen) atoms. The molecule has 1 aliphatic rings. The molecule has 0 radical (unpaired) electrons. The van der Waals surface area contributed by atoms with Crippen molar-refractivity contribution >= 4 is 5.91 Å². The van der Waals surface area contributed by atoms with Gasteiger partial charge in [-0.3, -0.25) is 4.79 Å². The SMILES string of the molecule is N[C@@H](CC(=O)N1CCn2cncc2C1)Cc1cc(F)ccc1F. The Bertz CT molecular complexity index is 716. The molecule has 2 aromatic rings. The fraction of sp³-hybridized carbons (Fsp3) is 0.375. The van der Waals surface area contributed by atoms with Crippen LogP contribution in [0.2, 0.25) is 0 Å². The standard InChI is InChI=1S/C16H18F2N4O/c17-12-1-2-15(18)11(5-12)6-13(19)7-16(23)21-3-4-22-10-20-8-14(22)9-21/h1-2,5,8,10,13H,3-4,6-7,9,19H2/t13-/m1/s1. The van der Waals surface area contributed by atoms with Crippen LogP contribution in [0.15, 0.2) is 30.7 Å². The summed E-state index contributed by atoms with van der Waals surface area (Å²) in [5.41, 5.74) is 7.13. The summed E-state index contributed by atoms with van der Waals surface area (Å²) in [7, 11) is 0. The van der Waals surface area contributed by atoms with Crippen LogP contribution >= 0.6 is 0 Å². The van der Waals surface area contributed by atoms with Crippen LogP contribution in [0.25, 0.3) is 0 Å². The number of benzene rings is 1. The van der Waals surface area contributed by atoms with Gasteiger partial charge in [0, 0.05) is 31.7 Å². The largest absolute Gasteiger partial charge is 0.335 e. The van der Waals surface area contributed by atoms with Gasteiger partial charge in [-0.2, -0.15) is 0 Å². The van der Waals surface area contributed by atoms with Crippen LogP contribution in [0.1, 0.15) is 17.7 Å². The molecule has 1 amide bonds. The van der Waals surface area contributed by atoms with E-state index in [0.29, 0.717) is 19.6 Å². The molecule has 0 saturated carbocycles. The van der Waals surface area contributed by atoms with Crippen LogP contribution < -0.4 is 5.73 Å². The zero-order chi connectivity index (χ0) is 16.4. The molecule has 1 atom stereocenters. The first-order chi connectivity index (χ1) is 11.0. The summed E-state index contributed by atoms with van der Waals surface area (Å²) in [6, 6.07) is 2.71. The maximum atomic E-state index is 13.6. The van der Waals surface area contributed by atoms with Crippen molar-refractivity contribution in [3.63, 3.8) is 0 Å². The van der Waals surface area contributed by atoms with Gasteiger partial charge in [0.25, 0.3) is 0 Å². The summed E-state index contributed by atoms with van der Waals surface area (Å²) in [5.74, 6) is -1.10. The molecular formula is C16H18F2N4O. The lowest BCUT2D eigenvalue weighted by Gasteiger charge is -2.29. The first-order valence-corrected chi connectivity index (χ1v) is 7.49. The van der Waals surface area contributed by atoms with Gasteiger partial charge in [-0.25, -0.2) is 13.8 Å². The number of imidazole rings is 1. The van der Waals surface area contributed by atoms with Gasteiger partial charge in [0.2, 0.25) is 5.91 Å². The minimum Gasteiger partial charge on any atom is -0.335 e. The molecule has 5 nitrogen and oxygen atoms in total. The number of nitrogens with zero attached hydrogens (tertiary/aromatic N) is 3. The molecule has 0 saturated heterocycles. The van der Waals surface area contributed by atoms with Gasteiger partial charge in [-0.1, -0.05) is 0 Å². The molecule has 7 heteroatoms. The normalized spacial score (nSPS) is 15.3. The Morgan fingerprint density at radius 3 is 3.00 bits per heavy atom. The third-order valence-corrected chi connectivity index (χ3v) is 4.04. The number of fused-ring (bicyclic) bond motifs is 1. The number of aromatic nitrogens is 2. The molecule has 1 aromatic heterocycles. The topological polar surface area (TPSA) is 64.2 Å². The second-order valence-electron chi connectivity index (χ2n) is 5.80. The molecule has 122 valence electrons. The van der Waals surface area contributed by atoms with E-state index in [2.05, 4.69) is 4.98 Å². The van der Waals surface area contributed by atoms with Crippen molar-refractivity contribution in [2.24, 2.45) is 5.73 Å². The van der Waals surface area contributed by atoms with Crippen molar-refractivity contribution in [3.05, 3.63) is 53.6 Å². The van der Waals surface area contributed by atoms with Crippen LogP contribution in [0.4, 0.5) is 8.78 Å². The highest BCUT2D eigenvalue weighted by Crippen LogP contribution is 2.15. The monoisotopic (exact) mass is 320 g/mol. The fourth-order valence-electron chi connectivity index (χ4n) is 2.80. The van der Waals surface area contributed by atoms with Crippen molar-refractivity contribution in [3.8, 4) is 0 Å². The Hall–Kier alpha value is -2.28. The van der Waals surface area contributed by atoms with Crippen LogP contribution in [0.3, 0.4) is 0 Å². The molecule has 1 aromatic carbocycles. The fourth-order valence-corrected chi connectivity index (χ4v) is 2.80. The number of carbonyl (C=O) groups is 1. The van der Waals surface area contributed by atoms with E-state index < -0.39 is 17.7 Å². The molecule has 3 rings (SSSR count). The van der Waals surface area contributed by atoms with Crippen LogP contribution in [-0.2, 0) is 24.3 Å². The number of hydrogen-bond acceptors (Lipinski definition) is 3. The first kappa shape index (κ1) is 15.6. The quantitative estimate of drug-likeness (QED) is 0.928. The highest BCUT2D eigenvalue weighted by atomic mass is 19.1. The Morgan fingerprint density at radius 1 is 1.35 bits per heavy atom. The van der Waals surface area contributed by atoms with Gasteiger partial charge in [0.15, 0.2) is 0 Å². The van der Waals surface area contributed by atoms with Gasteiger partial charge < -0.3 is 15.2 Å². The number of nitrogens with two attached hydrogens (primary N) is 1. The van der Waals surface area contributed by atoms with E-state index in [4.69, 9.17) is 5.73 Å². The first-order valence-electron chi connectivity index (χ1n) is 7.49. The highest BCUT2D eigenvalue weighted by Gasteiger charge is 2.22. The van der Waals surface area contributed by atoms with E-state index in [1.165, 1.54) is 0 Å². The maximum Gasteiger partial charge on any atom is 0.224 e. The van der Waals surface area contributed by atoms with Crippen molar-refractivity contribution in [2.75, 3.05) is 6.54 Å². The molecule has 0 spiro atoms. The van der Waals surface area contributed by atoms with E-state index in [-0.39, 0.29) is 24.3 Å². The average Bonchev–Trinajstić information content (AvgIpc) is 2.98. The summed E-state index contributed by atoms with van der Waals surface area (Å²) in [6.45, 7) is 1.80. The predicted octanol–water partition coefficient (Wildman–Crippen LogP) is 1.46. The molecule has 0 unspecified atom stereocenters. The lowest BCUT2D eigenvalue weighted by molar-refractivity contribution is -0.133. The third kappa shape index (κ3) is 3.56. The number of amides is 1. The summed E-state index contributed by atoms with van der Waals surface area (Å²) in [6.07, 6.45) is 3.71. The molecule has 0 aliphatic carbocycles. The lowest BCUT2D eigenvalue weighted by atomic mass is 10.0. The number of hydrogen-bond donors (Lipinski definition) is 1. The minimum absolute atomic E-state index is 0.0817. The van der Waals surface area contributed by atoms with Crippen LogP contribution in [0, 0.1) is 11.6 Å². The van der Waals surface area contributed by atoms with Gasteiger partial charge in [-0.15, -0.1) is 0 Å². The molecule has 2 heterocycles. The lowest BCUT2D eigenvalue weighted by Crippen LogP contribution is -2.41. The molecule has 0 bridgehead atoms. The predicted molar refractivity (Wildman–Crippen MR) is 80.3 cm³/mol. The van der Waals surface area contributed by atoms with E-state index in [1.807, 2.05) is 4.57 Å². The van der Waals surface area contributed by atoms with Crippen molar-refractivity contribution in [2.45, 2.75) is 32.0 Å². The van der Waals surface area contributed by atoms with Gasteiger partial charge in [0.05, 0.1) is 18.6 Å². The second-order valence-corrected chi connectivity index (χ2v) is 5.80.